The van der Waals surface area contributed by atoms with E-state index in [2.05, 4.69) is 6.58 Å². The number of carbonyl (C=O) groups excluding carboxylic acids is 3. The van der Waals surface area contributed by atoms with Gasteiger partial charge in [-0.2, -0.15) is 0 Å². The van der Waals surface area contributed by atoms with Gasteiger partial charge in [0.1, 0.15) is 6.61 Å². The van der Waals surface area contributed by atoms with Gasteiger partial charge >= 0.3 is 17.8 Å². The van der Waals surface area contributed by atoms with Gasteiger partial charge in [-0.25, -0.2) is 4.79 Å². The lowest BCUT2D eigenvalue weighted by molar-refractivity contribution is -0.157. The molecule has 0 radical (unpaired) electrons. The second kappa shape index (κ2) is 7.64. The van der Waals surface area contributed by atoms with Crippen molar-refractivity contribution in [2.24, 2.45) is 0 Å². The summed E-state index contributed by atoms with van der Waals surface area (Å²) in [6, 6.07) is 0. The maximum absolute atomic E-state index is 11.8. The molecule has 1 fully saturated rings. The van der Waals surface area contributed by atoms with E-state index in [1.165, 1.54) is 9.80 Å². The minimum Gasteiger partial charge on any atom is -0.460 e. The first kappa shape index (κ1) is 16.2. The Labute approximate surface area is 118 Å². The second-order valence-corrected chi connectivity index (χ2v) is 4.49. The van der Waals surface area contributed by atoms with Crippen LogP contribution in [0.25, 0.3) is 0 Å². The Morgan fingerprint density at radius 1 is 1.15 bits per heavy atom. The van der Waals surface area contributed by atoms with Gasteiger partial charge in [-0.1, -0.05) is 6.58 Å². The molecule has 1 saturated heterocycles. The van der Waals surface area contributed by atoms with Crippen LogP contribution in [-0.2, 0) is 23.9 Å². The molecule has 0 unspecified atom stereocenters. The number of piperazine rings is 1. The van der Waals surface area contributed by atoms with Crippen LogP contribution in [0.3, 0.4) is 0 Å². The van der Waals surface area contributed by atoms with Crippen molar-refractivity contribution >= 4 is 17.8 Å². The Balaban J connectivity index is 2.39. The molecule has 1 aliphatic heterocycles. The highest BCUT2D eigenvalue weighted by molar-refractivity contribution is 6.35. The van der Waals surface area contributed by atoms with Crippen molar-refractivity contribution in [3.63, 3.8) is 0 Å². The first-order chi connectivity index (χ1) is 9.47. The lowest BCUT2D eigenvalue weighted by Gasteiger charge is -2.33. The molecule has 0 aromatic carbocycles. The third-order valence-corrected chi connectivity index (χ3v) is 2.91. The first-order valence-electron chi connectivity index (χ1n) is 6.37. The van der Waals surface area contributed by atoms with Crippen LogP contribution in [0.5, 0.6) is 0 Å². The van der Waals surface area contributed by atoms with Gasteiger partial charge in [-0.15, -0.1) is 0 Å². The zero-order chi connectivity index (χ0) is 15.1. The summed E-state index contributed by atoms with van der Waals surface area (Å²) < 4.78 is 9.79. The predicted octanol–water partition coefficient (Wildman–Crippen LogP) is -0.577. The van der Waals surface area contributed by atoms with Crippen molar-refractivity contribution < 1.29 is 23.9 Å². The molecule has 0 bridgehead atoms. The minimum absolute atomic E-state index is 0.0583. The number of carbonyl (C=O) groups is 3. The number of ether oxygens (including phenoxy) is 2. The van der Waals surface area contributed by atoms with Gasteiger partial charge in [-0.3, -0.25) is 9.59 Å². The van der Waals surface area contributed by atoms with Gasteiger partial charge < -0.3 is 19.3 Å². The molecular weight excluding hydrogens is 264 g/mol. The van der Waals surface area contributed by atoms with Crippen LogP contribution in [0.15, 0.2) is 12.2 Å². The summed E-state index contributed by atoms with van der Waals surface area (Å²) in [5, 5.41) is 0. The summed E-state index contributed by atoms with van der Waals surface area (Å²) in [5.41, 5.74) is 0.303. The molecule has 0 saturated carbocycles. The van der Waals surface area contributed by atoms with Crippen LogP contribution in [-0.4, -0.2) is 74.1 Å². The maximum Gasteiger partial charge on any atom is 0.333 e. The number of hydrogen-bond donors (Lipinski definition) is 0. The molecule has 1 heterocycles. The standard InChI is InChI=1S/C13H20N2O5/c1-10(2)13(18)20-9-7-15-5-4-14(6-8-19-3)11(16)12(15)17/h1,4-9H2,2-3H3. The fourth-order valence-electron chi connectivity index (χ4n) is 1.71. The third-order valence-electron chi connectivity index (χ3n) is 2.91. The number of methoxy groups -OCH3 is 1. The molecule has 1 aliphatic rings. The second-order valence-electron chi connectivity index (χ2n) is 4.49. The summed E-state index contributed by atoms with van der Waals surface area (Å²) >= 11 is 0. The molecule has 0 aromatic heterocycles. The van der Waals surface area contributed by atoms with Crippen molar-refractivity contribution in [1.29, 1.82) is 0 Å². The Bertz CT molecular complexity index is 408. The molecule has 0 N–H and O–H groups in total. The van der Waals surface area contributed by atoms with Gasteiger partial charge in [0, 0.05) is 32.3 Å². The summed E-state index contributed by atoms with van der Waals surface area (Å²) in [6.45, 7) is 6.96. The van der Waals surface area contributed by atoms with Crippen molar-refractivity contribution in [3.05, 3.63) is 12.2 Å². The van der Waals surface area contributed by atoms with Crippen LogP contribution in [0.4, 0.5) is 0 Å². The predicted molar refractivity (Wildman–Crippen MR) is 70.8 cm³/mol. The molecular formula is C13H20N2O5. The molecule has 20 heavy (non-hydrogen) atoms. The minimum atomic E-state index is -0.571. The number of esters is 1. The zero-order valence-corrected chi connectivity index (χ0v) is 11.9. The van der Waals surface area contributed by atoms with Gasteiger partial charge in [-0.05, 0) is 6.92 Å². The van der Waals surface area contributed by atoms with E-state index in [4.69, 9.17) is 9.47 Å². The largest absolute Gasteiger partial charge is 0.460 e. The Morgan fingerprint density at radius 3 is 2.10 bits per heavy atom. The quantitative estimate of drug-likeness (QED) is 0.355. The topological polar surface area (TPSA) is 76.2 Å². The molecule has 0 aliphatic carbocycles. The van der Waals surface area contributed by atoms with Crippen LogP contribution in [0.1, 0.15) is 6.92 Å². The lowest BCUT2D eigenvalue weighted by Crippen LogP contribution is -2.55. The van der Waals surface area contributed by atoms with Crippen molar-refractivity contribution in [2.45, 2.75) is 6.92 Å². The molecule has 7 heteroatoms. The van der Waals surface area contributed by atoms with E-state index < -0.39 is 17.8 Å². The summed E-state index contributed by atoms with van der Waals surface area (Å²) in [7, 11) is 1.54. The van der Waals surface area contributed by atoms with Gasteiger partial charge in [0.15, 0.2) is 0 Å². The van der Waals surface area contributed by atoms with Gasteiger partial charge in [0.05, 0.1) is 13.2 Å². The smallest absolute Gasteiger partial charge is 0.333 e. The Morgan fingerprint density at radius 2 is 1.65 bits per heavy atom. The summed E-state index contributed by atoms with van der Waals surface area (Å²) in [4.78, 5) is 37.7. The molecule has 7 nitrogen and oxygen atoms in total. The molecule has 1 rings (SSSR count). The number of nitrogens with zero attached hydrogens (tertiary/aromatic N) is 2. The zero-order valence-electron chi connectivity index (χ0n) is 11.9. The molecule has 0 atom stereocenters. The number of rotatable bonds is 7. The van der Waals surface area contributed by atoms with E-state index >= 15 is 0 Å². The summed E-state index contributed by atoms with van der Waals surface area (Å²) in [5.74, 6) is -1.61. The molecule has 0 spiro atoms. The fourth-order valence-corrected chi connectivity index (χ4v) is 1.71. The molecule has 0 aromatic rings. The lowest BCUT2D eigenvalue weighted by atomic mass is 10.3. The SMILES string of the molecule is C=C(C)C(=O)OCCN1CCN(CCOC)C(=O)C1=O. The van der Waals surface area contributed by atoms with E-state index in [1.807, 2.05) is 0 Å². The highest BCUT2D eigenvalue weighted by Crippen LogP contribution is 2.05. The van der Waals surface area contributed by atoms with Crippen molar-refractivity contribution in [1.82, 2.24) is 9.80 Å². The van der Waals surface area contributed by atoms with Gasteiger partial charge in [0.2, 0.25) is 0 Å². The fraction of sp³-hybridized carbons (Fsp3) is 0.615. The van der Waals surface area contributed by atoms with E-state index in [9.17, 15) is 14.4 Å². The Hall–Kier alpha value is -1.89. The van der Waals surface area contributed by atoms with E-state index in [0.717, 1.165) is 0 Å². The average Bonchev–Trinajstić information content (AvgIpc) is 2.42. The average molecular weight is 284 g/mol. The molecule has 112 valence electrons. The number of hydrogen-bond acceptors (Lipinski definition) is 5. The van der Waals surface area contributed by atoms with Crippen LogP contribution < -0.4 is 0 Å². The van der Waals surface area contributed by atoms with E-state index in [-0.39, 0.29) is 13.2 Å². The summed E-state index contributed by atoms with van der Waals surface area (Å²) in [6.07, 6.45) is 0. The first-order valence-corrected chi connectivity index (χ1v) is 6.37. The highest BCUT2D eigenvalue weighted by Gasteiger charge is 2.31. The third kappa shape index (κ3) is 4.34. The molecule has 2 amide bonds. The van der Waals surface area contributed by atoms with Crippen molar-refractivity contribution in [2.75, 3.05) is 46.5 Å². The highest BCUT2D eigenvalue weighted by atomic mass is 16.5. The van der Waals surface area contributed by atoms with Crippen LogP contribution in [0.2, 0.25) is 0 Å². The van der Waals surface area contributed by atoms with Gasteiger partial charge in [0.25, 0.3) is 0 Å². The van der Waals surface area contributed by atoms with E-state index in [1.54, 1.807) is 14.0 Å². The maximum atomic E-state index is 11.8. The van der Waals surface area contributed by atoms with E-state index in [0.29, 0.717) is 31.8 Å². The monoisotopic (exact) mass is 284 g/mol. The number of amides is 2. The normalized spacial score (nSPS) is 15.5. The van der Waals surface area contributed by atoms with Crippen LogP contribution >= 0.6 is 0 Å². The Kier molecular flexibility index (Phi) is 6.17. The van der Waals surface area contributed by atoms with Crippen molar-refractivity contribution in [3.8, 4) is 0 Å². The van der Waals surface area contributed by atoms with Crippen LogP contribution in [0, 0.1) is 0 Å².